The maximum atomic E-state index is 6.63. The molecular formula is C18H28N2. The Hall–Kier alpha value is -0.860. The minimum absolute atomic E-state index is 0.193. The molecule has 1 fully saturated rings. The molecule has 1 saturated heterocycles. The molecule has 1 aromatic carbocycles. The second kappa shape index (κ2) is 5.87. The predicted octanol–water partition coefficient (Wildman–Crippen LogP) is 3.68. The van der Waals surface area contributed by atoms with Crippen LogP contribution in [0, 0.1) is 5.92 Å². The number of likely N-dealkylation sites (tertiary alicyclic amines) is 1. The first-order valence-corrected chi connectivity index (χ1v) is 8.29. The summed E-state index contributed by atoms with van der Waals surface area (Å²) in [6, 6.07) is 9.52. The first-order chi connectivity index (χ1) is 9.70. The van der Waals surface area contributed by atoms with Gasteiger partial charge in [0.05, 0.1) is 0 Å². The van der Waals surface area contributed by atoms with Crippen LogP contribution in [-0.2, 0) is 0 Å². The minimum atomic E-state index is 0.193. The molecule has 1 aliphatic heterocycles. The van der Waals surface area contributed by atoms with E-state index in [1.807, 2.05) is 0 Å². The third-order valence-corrected chi connectivity index (χ3v) is 5.49. The van der Waals surface area contributed by atoms with Crippen LogP contribution in [0.1, 0.15) is 62.6 Å². The van der Waals surface area contributed by atoms with Crippen molar-refractivity contribution in [3.05, 3.63) is 35.4 Å². The van der Waals surface area contributed by atoms with E-state index in [-0.39, 0.29) is 6.04 Å². The van der Waals surface area contributed by atoms with Crippen molar-refractivity contribution < 1.29 is 0 Å². The van der Waals surface area contributed by atoms with Crippen LogP contribution in [0.25, 0.3) is 0 Å². The molecule has 0 saturated carbocycles. The zero-order chi connectivity index (χ0) is 14.1. The average molecular weight is 272 g/mol. The zero-order valence-corrected chi connectivity index (χ0v) is 12.9. The molecule has 1 aromatic rings. The summed E-state index contributed by atoms with van der Waals surface area (Å²) in [5, 5.41) is 0. The van der Waals surface area contributed by atoms with E-state index in [4.69, 9.17) is 5.73 Å². The van der Waals surface area contributed by atoms with Gasteiger partial charge in [0.1, 0.15) is 0 Å². The van der Waals surface area contributed by atoms with E-state index in [2.05, 4.69) is 43.0 Å². The Labute approximate surface area is 123 Å². The molecule has 4 atom stereocenters. The highest BCUT2D eigenvalue weighted by molar-refractivity contribution is 5.36. The Kier molecular flexibility index (Phi) is 4.13. The number of nitrogens with zero attached hydrogens (tertiary/aromatic N) is 1. The molecular weight excluding hydrogens is 244 g/mol. The fourth-order valence-corrected chi connectivity index (χ4v) is 4.21. The van der Waals surface area contributed by atoms with Gasteiger partial charge in [0.2, 0.25) is 0 Å². The summed E-state index contributed by atoms with van der Waals surface area (Å²) >= 11 is 0. The largest absolute Gasteiger partial charge is 0.323 e. The van der Waals surface area contributed by atoms with Gasteiger partial charge in [-0.15, -0.1) is 0 Å². The van der Waals surface area contributed by atoms with Crippen LogP contribution in [0.5, 0.6) is 0 Å². The Bertz CT molecular complexity index is 456. The van der Waals surface area contributed by atoms with Gasteiger partial charge in [-0.1, -0.05) is 44.5 Å². The Balaban J connectivity index is 1.82. The van der Waals surface area contributed by atoms with Gasteiger partial charge in [-0.3, -0.25) is 4.90 Å². The van der Waals surface area contributed by atoms with E-state index in [1.165, 1.54) is 49.9 Å². The smallest absolute Gasteiger partial charge is 0.0456 e. The average Bonchev–Trinajstić information content (AvgIpc) is 2.51. The van der Waals surface area contributed by atoms with Crippen LogP contribution < -0.4 is 5.73 Å². The van der Waals surface area contributed by atoms with Crippen LogP contribution in [0.2, 0.25) is 0 Å². The molecule has 2 nitrogen and oxygen atoms in total. The van der Waals surface area contributed by atoms with Crippen molar-refractivity contribution >= 4 is 0 Å². The third kappa shape index (κ3) is 2.51. The summed E-state index contributed by atoms with van der Waals surface area (Å²) in [7, 11) is 0. The molecule has 0 radical (unpaired) electrons. The van der Waals surface area contributed by atoms with Gasteiger partial charge in [-0.2, -0.15) is 0 Å². The highest BCUT2D eigenvalue weighted by Gasteiger charge is 2.35. The van der Waals surface area contributed by atoms with E-state index in [9.17, 15) is 0 Å². The zero-order valence-electron chi connectivity index (χ0n) is 12.9. The fraction of sp³-hybridized carbons (Fsp3) is 0.667. The predicted molar refractivity (Wildman–Crippen MR) is 84.8 cm³/mol. The normalized spacial score (nSPS) is 34.8. The molecule has 110 valence electrons. The van der Waals surface area contributed by atoms with Gasteiger partial charge < -0.3 is 5.73 Å². The van der Waals surface area contributed by atoms with Crippen LogP contribution in [0.15, 0.2) is 24.3 Å². The van der Waals surface area contributed by atoms with Crippen molar-refractivity contribution in [2.24, 2.45) is 11.7 Å². The van der Waals surface area contributed by atoms with Crippen molar-refractivity contribution in [3.8, 4) is 0 Å². The van der Waals surface area contributed by atoms with Gasteiger partial charge >= 0.3 is 0 Å². The molecule has 0 amide bonds. The number of fused-ring (bicyclic) bond motifs is 1. The molecule has 1 heterocycles. The maximum absolute atomic E-state index is 6.63. The van der Waals surface area contributed by atoms with Crippen LogP contribution in [0.4, 0.5) is 0 Å². The second-order valence-electron chi connectivity index (χ2n) is 6.77. The number of rotatable bonds is 2. The monoisotopic (exact) mass is 272 g/mol. The van der Waals surface area contributed by atoms with Crippen molar-refractivity contribution in [2.75, 3.05) is 13.1 Å². The molecule has 1 aliphatic carbocycles. The van der Waals surface area contributed by atoms with Crippen molar-refractivity contribution in [1.82, 2.24) is 4.90 Å². The Morgan fingerprint density at radius 1 is 1.25 bits per heavy atom. The summed E-state index contributed by atoms with van der Waals surface area (Å²) in [6.45, 7) is 7.18. The summed E-state index contributed by atoms with van der Waals surface area (Å²) in [4.78, 5) is 2.69. The third-order valence-electron chi connectivity index (χ3n) is 5.49. The van der Waals surface area contributed by atoms with E-state index >= 15 is 0 Å². The van der Waals surface area contributed by atoms with Crippen molar-refractivity contribution in [1.29, 1.82) is 0 Å². The molecule has 20 heavy (non-hydrogen) atoms. The molecule has 0 spiro atoms. The van der Waals surface area contributed by atoms with E-state index in [1.54, 1.807) is 0 Å². The SMILES string of the molecule is CCC1CCCN(C2CC(C)c3ccccc3C2N)C1. The molecule has 2 aliphatic rings. The summed E-state index contributed by atoms with van der Waals surface area (Å²) in [5.74, 6) is 1.52. The standard InChI is InChI=1S/C18H28N2/c1-3-14-7-6-10-20(12-14)17-11-13(2)15-8-4-5-9-16(15)18(17)19/h4-5,8-9,13-14,17-18H,3,6-7,10-12,19H2,1-2H3. The lowest BCUT2D eigenvalue weighted by Crippen LogP contribution is -2.49. The van der Waals surface area contributed by atoms with E-state index in [0.29, 0.717) is 12.0 Å². The Morgan fingerprint density at radius 2 is 2.00 bits per heavy atom. The second-order valence-corrected chi connectivity index (χ2v) is 6.77. The molecule has 4 unspecified atom stereocenters. The van der Waals surface area contributed by atoms with Gasteiger partial charge in [0.15, 0.2) is 0 Å². The van der Waals surface area contributed by atoms with Crippen LogP contribution >= 0.6 is 0 Å². The Morgan fingerprint density at radius 3 is 2.75 bits per heavy atom. The van der Waals surface area contributed by atoms with Gasteiger partial charge in [-0.05, 0) is 48.8 Å². The highest BCUT2D eigenvalue weighted by atomic mass is 15.2. The van der Waals surface area contributed by atoms with Gasteiger partial charge in [0, 0.05) is 18.6 Å². The van der Waals surface area contributed by atoms with Crippen LogP contribution in [0.3, 0.4) is 0 Å². The maximum Gasteiger partial charge on any atom is 0.0456 e. The fourth-order valence-electron chi connectivity index (χ4n) is 4.21. The van der Waals surface area contributed by atoms with Crippen LogP contribution in [-0.4, -0.2) is 24.0 Å². The number of benzene rings is 1. The molecule has 3 rings (SSSR count). The minimum Gasteiger partial charge on any atom is -0.323 e. The lowest BCUT2D eigenvalue weighted by atomic mass is 9.77. The van der Waals surface area contributed by atoms with Crippen molar-refractivity contribution in [2.45, 2.75) is 57.5 Å². The quantitative estimate of drug-likeness (QED) is 0.890. The topological polar surface area (TPSA) is 29.3 Å². The molecule has 0 aromatic heterocycles. The van der Waals surface area contributed by atoms with E-state index < -0.39 is 0 Å². The highest BCUT2D eigenvalue weighted by Crippen LogP contribution is 2.39. The summed E-state index contributed by atoms with van der Waals surface area (Å²) in [6.07, 6.45) is 5.28. The first kappa shape index (κ1) is 14.1. The number of hydrogen-bond donors (Lipinski definition) is 1. The lowest BCUT2D eigenvalue weighted by Gasteiger charge is -2.45. The molecule has 2 heteroatoms. The summed E-state index contributed by atoms with van der Waals surface area (Å²) in [5.41, 5.74) is 9.49. The first-order valence-electron chi connectivity index (χ1n) is 8.29. The molecule has 0 bridgehead atoms. The number of hydrogen-bond acceptors (Lipinski definition) is 2. The lowest BCUT2D eigenvalue weighted by molar-refractivity contribution is 0.0906. The molecule has 2 N–H and O–H groups in total. The number of nitrogens with two attached hydrogens (primary N) is 1. The van der Waals surface area contributed by atoms with Crippen molar-refractivity contribution in [3.63, 3.8) is 0 Å². The summed E-state index contributed by atoms with van der Waals surface area (Å²) < 4.78 is 0. The van der Waals surface area contributed by atoms with E-state index in [0.717, 1.165) is 5.92 Å². The van der Waals surface area contributed by atoms with Gasteiger partial charge in [0.25, 0.3) is 0 Å². The number of piperidine rings is 1. The van der Waals surface area contributed by atoms with Gasteiger partial charge in [-0.25, -0.2) is 0 Å².